The van der Waals surface area contributed by atoms with E-state index in [1.807, 2.05) is 13.0 Å². The molecule has 0 aromatic heterocycles. The summed E-state index contributed by atoms with van der Waals surface area (Å²) in [5, 5.41) is 3.59. The Morgan fingerprint density at radius 3 is 2.62 bits per heavy atom. The summed E-state index contributed by atoms with van der Waals surface area (Å²) in [6.45, 7) is 4.25. The Labute approximate surface area is 128 Å². The molecule has 1 saturated carbocycles. The van der Waals surface area contributed by atoms with Gasteiger partial charge in [-0.3, -0.25) is 0 Å². The Morgan fingerprint density at radius 1 is 1.24 bits per heavy atom. The molecular weight excluding hydrogens is 284 g/mol. The predicted molar refractivity (Wildman–Crippen MR) is 87.1 cm³/mol. The number of hydrogen-bond donors (Lipinski definition) is 2. The second-order valence-corrected chi connectivity index (χ2v) is 7.77. The van der Waals surface area contributed by atoms with E-state index in [-0.39, 0.29) is 0 Å². The highest BCUT2D eigenvalue weighted by Gasteiger charge is 2.24. The van der Waals surface area contributed by atoms with Crippen LogP contribution in [0, 0.1) is 12.8 Å². The first-order valence-electron chi connectivity index (χ1n) is 7.78. The zero-order valence-electron chi connectivity index (χ0n) is 13.1. The van der Waals surface area contributed by atoms with Crippen LogP contribution in [-0.4, -0.2) is 21.5 Å². The average molecular weight is 310 g/mol. The molecule has 2 atom stereocenters. The highest BCUT2D eigenvalue weighted by molar-refractivity contribution is 7.89. The number of aryl methyl sites for hydroxylation is 1. The number of rotatable bonds is 5. The first kappa shape index (κ1) is 16.3. The van der Waals surface area contributed by atoms with Crippen LogP contribution in [0.1, 0.15) is 44.6 Å². The maximum Gasteiger partial charge on any atom is 0.240 e. The summed E-state index contributed by atoms with van der Waals surface area (Å²) < 4.78 is 26.2. The van der Waals surface area contributed by atoms with Crippen LogP contribution in [0.2, 0.25) is 0 Å². The smallest absolute Gasteiger partial charge is 0.240 e. The molecule has 2 unspecified atom stereocenters. The minimum absolute atomic E-state index is 0.321. The highest BCUT2D eigenvalue weighted by atomic mass is 32.2. The van der Waals surface area contributed by atoms with Crippen molar-refractivity contribution < 1.29 is 8.42 Å². The van der Waals surface area contributed by atoms with Crippen LogP contribution in [-0.2, 0) is 10.0 Å². The quantitative estimate of drug-likeness (QED) is 0.877. The van der Waals surface area contributed by atoms with Gasteiger partial charge >= 0.3 is 0 Å². The van der Waals surface area contributed by atoms with Gasteiger partial charge in [0, 0.05) is 11.7 Å². The van der Waals surface area contributed by atoms with Gasteiger partial charge < -0.3 is 5.32 Å². The lowest BCUT2D eigenvalue weighted by atomic mass is 9.82. The molecule has 0 bridgehead atoms. The van der Waals surface area contributed by atoms with E-state index in [1.165, 1.54) is 39.2 Å². The SMILES string of the molecule is CCC1CCCCC1Nc1cc(S(=O)(=O)NC)ccc1C. The first-order valence-corrected chi connectivity index (χ1v) is 9.27. The number of hydrogen-bond acceptors (Lipinski definition) is 3. The molecule has 2 N–H and O–H groups in total. The van der Waals surface area contributed by atoms with Crippen molar-refractivity contribution in [2.24, 2.45) is 5.92 Å². The van der Waals surface area contributed by atoms with Gasteiger partial charge in [0.2, 0.25) is 10.0 Å². The molecule has 1 aromatic rings. The minimum atomic E-state index is -3.39. The molecule has 0 amide bonds. The van der Waals surface area contributed by atoms with Crippen LogP contribution in [0.5, 0.6) is 0 Å². The van der Waals surface area contributed by atoms with Crippen LogP contribution in [0.15, 0.2) is 23.1 Å². The van der Waals surface area contributed by atoms with Crippen LogP contribution >= 0.6 is 0 Å². The van der Waals surface area contributed by atoms with Gasteiger partial charge in [-0.15, -0.1) is 0 Å². The van der Waals surface area contributed by atoms with Crippen LogP contribution in [0.25, 0.3) is 0 Å². The standard InChI is InChI=1S/C16H26N2O2S/c1-4-13-7-5-6-8-15(13)18-16-11-14(10-9-12(16)2)21(19,20)17-3/h9-11,13,15,17-18H,4-8H2,1-3H3. The molecule has 1 aliphatic carbocycles. The van der Waals surface area contributed by atoms with E-state index in [2.05, 4.69) is 17.0 Å². The van der Waals surface area contributed by atoms with Crippen molar-refractivity contribution in [1.29, 1.82) is 0 Å². The molecule has 0 saturated heterocycles. The molecule has 2 rings (SSSR count). The second kappa shape index (κ2) is 6.79. The topological polar surface area (TPSA) is 58.2 Å². The lowest BCUT2D eigenvalue weighted by Crippen LogP contribution is -2.32. The second-order valence-electron chi connectivity index (χ2n) is 5.89. The maximum atomic E-state index is 11.9. The molecular formula is C16H26N2O2S. The van der Waals surface area contributed by atoms with E-state index >= 15 is 0 Å². The van der Waals surface area contributed by atoms with Gasteiger partial charge in [-0.05, 0) is 50.4 Å². The van der Waals surface area contributed by atoms with Gasteiger partial charge in [-0.25, -0.2) is 13.1 Å². The molecule has 1 fully saturated rings. The van der Waals surface area contributed by atoms with Gasteiger partial charge in [0.25, 0.3) is 0 Å². The van der Waals surface area contributed by atoms with Crippen molar-refractivity contribution >= 4 is 15.7 Å². The molecule has 5 heteroatoms. The molecule has 1 aliphatic rings. The van der Waals surface area contributed by atoms with E-state index in [4.69, 9.17) is 0 Å². The fraction of sp³-hybridized carbons (Fsp3) is 0.625. The molecule has 1 aromatic carbocycles. The number of benzene rings is 1. The van der Waals surface area contributed by atoms with Crippen molar-refractivity contribution in [1.82, 2.24) is 4.72 Å². The first-order chi connectivity index (χ1) is 9.97. The van der Waals surface area contributed by atoms with E-state index in [0.717, 1.165) is 11.3 Å². The summed E-state index contributed by atoms with van der Waals surface area (Å²) in [4.78, 5) is 0.321. The highest BCUT2D eigenvalue weighted by Crippen LogP contribution is 2.31. The van der Waals surface area contributed by atoms with Crippen molar-refractivity contribution in [3.63, 3.8) is 0 Å². The summed E-state index contributed by atoms with van der Waals surface area (Å²) in [6, 6.07) is 5.73. The van der Waals surface area contributed by atoms with Gasteiger partial charge in [0.1, 0.15) is 0 Å². The van der Waals surface area contributed by atoms with Crippen LogP contribution in [0.4, 0.5) is 5.69 Å². The molecule has 0 spiro atoms. The summed E-state index contributed by atoms with van der Waals surface area (Å²) in [5.74, 6) is 0.683. The van der Waals surface area contributed by atoms with Crippen molar-refractivity contribution in [3.8, 4) is 0 Å². The largest absolute Gasteiger partial charge is 0.382 e. The Kier molecular flexibility index (Phi) is 5.27. The van der Waals surface area contributed by atoms with Gasteiger partial charge in [-0.1, -0.05) is 32.3 Å². The van der Waals surface area contributed by atoms with Gasteiger partial charge in [0.05, 0.1) is 4.90 Å². The summed E-state index contributed by atoms with van der Waals surface area (Å²) >= 11 is 0. The third-order valence-corrected chi connectivity index (χ3v) is 5.97. The summed E-state index contributed by atoms with van der Waals surface area (Å²) in [5.41, 5.74) is 2.03. The Bertz CT molecular complexity index is 584. The van der Waals surface area contributed by atoms with Crippen molar-refractivity contribution in [2.75, 3.05) is 12.4 Å². The molecule has 4 nitrogen and oxygen atoms in total. The van der Waals surface area contributed by atoms with E-state index in [1.54, 1.807) is 12.1 Å². The number of nitrogens with one attached hydrogen (secondary N) is 2. The molecule has 0 radical (unpaired) electrons. The lowest BCUT2D eigenvalue weighted by molar-refractivity contribution is 0.317. The van der Waals surface area contributed by atoms with Gasteiger partial charge in [-0.2, -0.15) is 0 Å². The van der Waals surface area contributed by atoms with E-state index in [9.17, 15) is 8.42 Å². The van der Waals surface area contributed by atoms with Crippen molar-refractivity contribution in [3.05, 3.63) is 23.8 Å². The van der Waals surface area contributed by atoms with Crippen molar-refractivity contribution in [2.45, 2.75) is 56.9 Å². The molecule has 0 aliphatic heterocycles. The van der Waals surface area contributed by atoms with Crippen LogP contribution in [0.3, 0.4) is 0 Å². The normalized spacial score (nSPS) is 23.0. The zero-order valence-corrected chi connectivity index (χ0v) is 14.0. The number of anilines is 1. The average Bonchev–Trinajstić information content (AvgIpc) is 2.49. The fourth-order valence-electron chi connectivity index (χ4n) is 3.13. The van der Waals surface area contributed by atoms with E-state index < -0.39 is 10.0 Å². The monoisotopic (exact) mass is 310 g/mol. The summed E-state index contributed by atoms with van der Waals surface area (Å²) in [7, 11) is -1.95. The third-order valence-electron chi connectivity index (χ3n) is 4.56. The minimum Gasteiger partial charge on any atom is -0.382 e. The number of sulfonamides is 1. The Morgan fingerprint density at radius 2 is 1.95 bits per heavy atom. The predicted octanol–water partition coefficient (Wildman–Crippen LogP) is 3.28. The molecule has 21 heavy (non-hydrogen) atoms. The molecule has 118 valence electrons. The van der Waals surface area contributed by atoms with Crippen LogP contribution < -0.4 is 10.0 Å². The van der Waals surface area contributed by atoms with E-state index in [0.29, 0.717) is 16.9 Å². The third kappa shape index (κ3) is 3.77. The fourth-order valence-corrected chi connectivity index (χ4v) is 3.88. The maximum absolute atomic E-state index is 11.9. The Balaban J connectivity index is 2.25. The van der Waals surface area contributed by atoms with Gasteiger partial charge in [0.15, 0.2) is 0 Å². The summed E-state index contributed by atoms with van der Waals surface area (Å²) in [6.07, 6.45) is 6.17. The molecule has 0 heterocycles. The Hall–Kier alpha value is -1.07. The zero-order chi connectivity index (χ0) is 15.5. The lowest BCUT2D eigenvalue weighted by Gasteiger charge is -2.33.